The van der Waals surface area contributed by atoms with E-state index in [-0.39, 0.29) is 6.54 Å². The highest BCUT2D eigenvalue weighted by molar-refractivity contribution is 5.69. The van der Waals surface area contributed by atoms with Crippen LogP contribution in [-0.2, 0) is 11.3 Å². The maximum absolute atomic E-state index is 10.9. The molecule has 0 aliphatic carbocycles. The van der Waals surface area contributed by atoms with Gasteiger partial charge in [0.2, 0.25) is 0 Å². The molecule has 5 nitrogen and oxygen atoms in total. The van der Waals surface area contributed by atoms with Crippen LogP contribution in [0.2, 0.25) is 0 Å². The number of nitrogens with zero attached hydrogens (tertiary/aromatic N) is 3. The normalized spacial score (nSPS) is 18.6. The number of hydrogen-bond acceptors (Lipinski definition) is 4. The molecule has 0 bridgehead atoms. The zero-order chi connectivity index (χ0) is 18.4. The largest absolute Gasteiger partial charge is 0.480 e. The SMILES string of the molecule is CN(CC(=O)O)C1CCCN(Cc2cccc(-c3ccccn3)c2)CC1. The molecule has 1 saturated heterocycles. The van der Waals surface area contributed by atoms with Crippen LogP contribution in [0.3, 0.4) is 0 Å². The summed E-state index contributed by atoms with van der Waals surface area (Å²) < 4.78 is 0. The van der Waals surface area contributed by atoms with Crippen molar-refractivity contribution in [3.8, 4) is 11.3 Å². The van der Waals surface area contributed by atoms with Gasteiger partial charge in [0.05, 0.1) is 12.2 Å². The molecular weight excluding hydrogens is 326 g/mol. The van der Waals surface area contributed by atoms with Crippen LogP contribution in [0.1, 0.15) is 24.8 Å². The van der Waals surface area contributed by atoms with Gasteiger partial charge in [0.15, 0.2) is 0 Å². The van der Waals surface area contributed by atoms with Gasteiger partial charge in [-0.05, 0) is 63.2 Å². The maximum Gasteiger partial charge on any atom is 0.317 e. The molecule has 1 fully saturated rings. The van der Waals surface area contributed by atoms with E-state index in [1.54, 1.807) is 0 Å². The highest BCUT2D eigenvalue weighted by Crippen LogP contribution is 2.21. The molecule has 1 aliphatic heterocycles. The van der Waals surface area contributed by atoms with Crippen LogP contribution < -0.4 is 0 Å². The molecule has 138 valence electrons. The molecule has 26 heavy (non-hydrogen) atoms. The van der Waals surface area contributed by atoms with Gasteiger partial charge in [-0.2, -0.15) is 0 Å². The lowest BCUT2D eigenvalue weighted by atomic mass is 10.1. The molecule has 0 spiro atoms. The molecule has 1 aliphatic rings. The first-order chi connectivity index (χ1) is 12.6. The van der Waals surface area contributed by atoms with Crippen molar-refractivity contribution in [2.24, 2.45) is 0 Å². The van der Waals surface area contributed by atoms with E-state index in [2.05, 4.69) is 34.1 Å². The fraction of sp³-hybridized carbons (Fsp3) is 0.429. The minimum absolute atomic E-state index is 0.122. The second-order valence-electron chi connectivity index (χ2n) is 7.09. The average molecular weight is 353 g/mol. The van der Waals surface area contributed by atoms with E-state index in [1.807, 2.05) is 36.3 Å². The Bertz CT molecular complexity index is 720. The van der Waals surface area contributed by atoms with E-state index in [0.29, 0.717) is 6.04 Å². The summed E-state index contributed by atoms with van der Waals surface area (Å²) in [6.45, 7) is 3.11. The molecule has 5 heteroatoms. The quantitative estimate of drug-likeness (QED) is 0.865. The predicted octanol–water partition coefficient (Wildman–Crippen LogP) is 3.12. The molecule has 0 amide bonds. The highest BCUT2D eigenvalue weighted by atomic mass is 16.4. The third-order valence-electron chi connectivity index (χ3n) is 5.09. The van der Waals surface area contributed by atoms with Crippen molar-refractivity contribution < 1.29 is 9.90 Å². The van der Waals surface area contributed by atoms with Crippen molar-refractivity contribution in [2.75, 3.05) is 26.7 Å². The fourth-order valence-electron chi connectivity index (χ4n) is 3.70. The number of hydrogen-bond donors (Lipinski definition) is 1. The van der Waals surface area contributed by atoms with Crippen molar-refractivity contribution >= 4 is 5.97 Å². The summed E-state index contributed by atoms with van der Waals surface area (Å²) in [5.74, 6) is -0.750. The standard InChI is InChI=1S/C21H27N3O2/c1-23(16-21(25)26)19-8-5-12-24(13-10-19)15-17-6-4-7-18(14-17)20-9-2-3-11-22-20/h2-4,6-7,9,11,14,19H,5,8,10,12-13,15-16H2,1H3,(H,25,26). The molecule has 0 radical (unpaired) electrons. The first-order valence-corrected chi connectivity index (χ1v) is 9.26. The second kappa shape index (κ2) is 8.92. The zero-order valence-corrected chi connectivity index (χ0v) is 15.3. The predicted molar refractivity (Wildman–Crippen MR) is 103 cm³/mol. The van der Waals surface area contributed by atoms with Gasteiger partial charge in [-0.3, -0.25) is 19.6 Å². The summed E-state index contributed by atoms with van der Waals surface area (Å²) in [6.07, 6.45) is 5.01. The molecule has 2 heterocycles. The van der Waals surface area contributed by atoms with E-state index in [9.17, 15) is 4.79 Å². The Labute approximate surface area is 155 Å². The summed E-state index contributed by atoms with van der Waals surface area (Å²) >= 11 is 0. The van der Waals surface area contributed by atoms with Crippen molar-refractivity contribution in [1.82, 2.24) is 14.8 Å². The Hall–Kier alpha value is -2.24. The number of carboxylic acids is 1. The third kappa shape index (κ3) is 5.13. The maximum atomic E-state index is 10.9. The van der Waals surface area contributed by atoms with Crippen LogP contribution in [0.25, 0.3) is 11.3 Å². The first kappa shape index (κ1) is 18.5. The molecule has 1 aromatic carbocycles. The van der Waals surface area contributed by atoms with Crippen molar-refractivity contribution in [3.05, 3.63) is 54.2 Å². The lowest BCUT2D eigenvalue weighted by Crippen LogP contribution is -2.36. The molecule has 0 saturated carbocycles. The Kier molecular flexibility index (Phi) is 6.36. The van der Waals surface area contributed by atoms with Gasteiger partial charge in [-0.1, -0.05) is 24.3 Å². The van der Waals surface area contributed by atoms with E-state index < -0.39 is 5.97 Å². The zero-order valence-electron chi connectivity index (χ0n) is 15.3. The lowest BCUT2D eigenvalue weighted by molar-refractivity contribution is -0.138. The molecule has 2 aromatic rings. The molecular formula is C21H27N3O2. The summed E-state index contributed by atoms with van der Waals surface area (Å²) in [5, 5.41) is 8.99. The molecule has 1 unspecified atom stereocenters. The van der Waals surface area contributed by atoms with Gasteiger partial charge >= 0.3 is 5.97 Å². The van der Waals surface area contributed by atoms with Gasteiger partial charge in [-0.15, -0.1) is 0 Å². The van der Waals surface area contributed by atoms with Crippen molar-refractivity contribution in [3.63, 3.8) is 0 Å². The van der Waals surface area contributed by atoms with Gasteiger partial charge in [-0.25, -0.2) is 0 Å². The molecule has 1 N–H and O–H groups in total. The smallest absolute Gasteiger partial charge is 0.317 e. The number of pyridine rings is 1. The van der Waals surface area contributed by atoms with Gasteiger partial charge in [0, 0.05) is 24.3 Å². The van der Waals surface area contributed by atoms with E-state index in [1.165, 1.54) is 5.56 Å². The van der Waals surface area contributed by atoms with Crippen LogP contribution in [-0.4, -0.2) is 58.6 Å². The Morgan fingerprint density at radius 1 is 1.23 bits per heavy atom. The van der Waals surface area contributed by atoms with E-state index in [0.717, 1.165) is 50.2 Å². The van der Waals surface area contributed by atoms with E-state index in [4.69, 9.17) is 5.11 Å². The number of rotatable bonds is 6. The second-order valence-corrected chi connectivity index (χ2v) is 7.09. The van der Waals surface area contributed by atoms with Crippen LogP contribution in [0.4, 0.5) is 0 Å². The van der Waals surface area contributed by atoms with Gasteiger partial charge in [0.1, 0.15) is 0 Å². The summed E-state index contributed by atoms with van der Waals surface area (Å²) in [4.78, 5) is 19.8. The minimum Gasteiger partial charge on any atom is -0.480 e. The first-order valence-electron chi connectivity index (χ1n) is 9.26. The average Bonchev–Trinajstić information content (AvgIpc) is 2.88. The summed E-state index contributed by atoms with van der Waals surface area (Å²) in [7, 11) is 1.92. The Morgan fingerprint density at radius 3 is 2.88 bits per heavy atom. The molecule has 1 atom stereocenters. The highest BCUT2D eigenvalue weighted by Gasteiger charge is 2.21. The number of aromatic nitrogens is 1. The number of carboxylic acid groups (broad SMARTS) is 1. The topological polar surface area (TPSA) is 56.7 Å². The Balaban J connectivity index is 1.60. The van der Waals surface area contributed by atoms with Crippen LogP contribution in [0.5, 0.6) is 0 Å². The van der Waals surface area contributed by atoms with Crippen LogP contribution in [0.15, 0.2) is 48.7 Å². The van der Waals surface area contributed by atoms with E-state index >= 15 is 0 Å². The van der Waals surface area contributed by atoms with Gasteiger partial charge < -0.3 is 5.11 Å². The number of carbonyl (C=O) groups is 1. The monoisotopic (exact) mass is 353 g/mol. The van der Waals surface area contributed by atoms with Crippen LogP contribution >= 0.6 is 0 Å². The summed E-state index contributed by atoms with van der Waals surface area (Å²) in [5.41, 5.74) is 3.45. The number of aliphatic carboxylic acids is 1. The number of likely N-dealkylation sites (N-methyl/N-ethyl adjacent to an activating group) is 1. The van der Waals surface area contributed by atoms with Crippen molar-refractivity contribution in [2.45, 2.75) is 31.8 Å². The number of likely N-dealkylation sites (tertiary alicyclic amines) is 1. The fourth-order valence-corrected chi connectivity index (χ4v) is 3.70. The number of benzene rings is 1. The third-order valence-corrected chi connectivity index (χ3v) is 5.09. The minimum atomic E-state index is -0.750. The molecule has 3 rings (SSSR count). The summed E-state index contributed by atoms with van der Waals surface area (Å²) in [6, 6.07) is 14.9. The Morgan fingerprint density at radius 2 is 2.12 bits per heavy atom. The van der Waals surface area contributed by atoms with Gasteiger partial charge in [0.25, 0.3) is 0 Å². The van der Waals surface area contributed by atoms with Crippen LogP contribution in [0, 0.1) is 0 Å². The molecule has 1 aromatic heterocycles. The lowest BCUT2D eigenvalue weighted by Gasteiger charge is -2.25. The van der Waals surface area contributed by atoms with Crippen molar-refractivity contribution in [1.29, 1.82) is 0 Å².